The van der Waals surface area contributed by atoms with E-state index < -0.39 is 0 Å². The van der Waals surface area contributed by atoms with Crippen LogP contribution in [0.4, 0.5) is 0 Å². The Bertz CT molecular complexity index is 249. The molecule has 0 saturated carbocycles. The van der Waals surface area contributed by atoms with Gasteiger partial charge in [-0.05, 0) is 0 Å². The smallest absolute Gasteiger partial charge is 0.157 e. The predicted molar refractivity (Wildman–Crippen MR) is 36.2 cm³/mol. The van der Waals surface area contributed by atoms with E-state index in [9.17, 15) is 0 Å². The quantitative estimate of drug-likeness (QED) is 0.606. The van der Waals surface area contributed by atoms with Crippen molar-refractivity contribution in [2.24, 2.45) is 0 Å². The fourth-order valence-corrected chi connectivity index (χ4v) is 0.795. The van der Waals surface area contributed by atoms with Gasteiger partial charge in [0.05, 0.1) is 6.33 Å². The van der Waals surface area contributed by atoms with E-state index in [4.69, 9.17) is 0 Å². The zero-order valence-electron chi connectivity index (χ0n) is 5.20. The summed E-state index contributed by atoms with van der Waals surface area (Å²) in [5.74, 6) is 0.793. The Morgan fingerprint density at radius 2 is 2.30 bits per heavy atom. The molecular formula is C6H6N4. The first-order chi connectivity index (χ1) is 4.97. The Hall–Kier alpha value is -1.58. The topological polar surface area (TPSA) is 57.4 Å². The van der Waals surface area contributed by atoms with Crippen LogP contribution in [0, 0.1) is 0 Å². The lowest BCUT2D eigenvalue weighted by molar-refractivity contribution is 1.25. The molecule has 0 atom stereocenters. The molecule has 0 aliphatic heterocycles. The van der Waals surface area contributed by atoms with Crippen LogP contribution in [0.2, 0.25) is 0 Å². The summed E-state index contributed by atoms with van der Waals surface area (Å²) < 4.78 is 0. The minimum atomic E-state index is 0.793. The summed E-state index contributed by atoms with van der Waals surface area (Å²) in [5.41, 5.74) is 0.838. The standard InChI is InChI=1S/C6H6N4/c1-2-9-6(8-1)5-3-7-4-10-5/h1-4H,(H,7,10)(H,8,9). The number of imidazole rings is 2. The van der Waals surface area contributed by atoms with E-state index in [1.165, 1.54) is 0 Å². The number of aromatic nitrogens is 4. The molecule has 4 nitrogen and oxygen atoms in total. The molecule has 10 heavy (non-hydrogen) atoms. The number of nitrogens with zero attached hydrogens (tertiary/aromatic N) is 2. The van der Waals surface area contributed by atoms with Crippen LogP contribution in [0.25, 0.3) is 11.5 Å². The van der Waals surface area contributed by atoms with Crippen molar-refractivity contribution >= 4 is 0 Å². The third kappa shape index (κ3) is 0.699. The van der Waals surface area contributed by atoms with Gasteiger partial charge in [-0.25, -0.2) is 9.97 Å². The lowest BCUT2D eigenvalue weighted by Gasteiger charge is -1.83. The van der Waals surface area contributed by atoms with Crippen LogP contribution in [-0.4, -0.2) is 19.9 Å². The van der Waals surface area contributed by atoms with Crippen LogP contribution in [0.1, 0.15) is 0 Å². The highest BCUT2D eigenvalue weighted by atomic mass is 15.0. The van der Waals surface area contributed by atoms with E-state index in [-0.39, 0.29) is 0 Å². The Labute approximate surface area is 57.3 Å². The third-order valence-electron chi connectivity index (χ3n) is 1.24. The van der Waals surface area contributed by atoms with E-state index in [1.807, 2.05) is 0 Å². The average Bonchev–Trinajstić information content (AvgIpc) is 2.59. The van der Waals surface area contributed by atoms with Crippen molar-refractivity contribution in [2.45, 2.75) is 0 Å². The molecular weight excluding hydrogens is 128 g/mol. The van der Waals surface area contributed by atoms with Crippen LogP contribution in [0.5, 0.6) is 0 Å². The molecule has 2 rings (SSSR count). The highest BCUT2D eigenvalue weighted by Gasteiger charge is 1.98. The molecule has 50 valence electrons. The summed E-state index contributed by atoms with van der Waals surface area (Å²) in [4.78, 5) is 13.8. The lowest BCUT2D eigenvalue weighted by atomic mass is 10.5. The second-order valence-electron chi connectivity index (χ2n) is 1.89. The molecule has 2 heterocycles. The maximum Gasteiger partial charge on any atom is 0.157 e. The van der Waals surface area contributed by atoms with E-state index in [0.717, 1.165) is 11.5 Å². The molecule has 0 fully saturated rings. The van der Waals surface area contributed by atoms with E-state index in [0.29, 0.717) is 0 Å². The summed E-state index contributed by atoms with van der Waals surface area (Å²) >= 11 is 0. The summed E-state index contributed by atoms with van der Waals surface area (Å²) in [6.07, 6.45) is 6.88. The first-order valence-electron chi connectivity index (χ1n) is 2.95. The third-order valence-corrected chi connectivity index (χ3v) is 1.24. The van der Waals surface area contributed by atoms with E-state index >= 15 is 0 Å². The molecule has 0 unspecified atom stereocenters. The summed E-state index contributed by atoms with van der Waals surface area (Å²) in [6.45, 7) is 0. The molecule has 0 radical (unpaired) electrons. The van der Waals surface area contributed by atoms with Crippen molar-refractivity contribution < 1.29 is 0 Å². The average molecular weight is 134 g/mol. The maximum absolute atomic E-state index is 4.02. The van der Waals surface area contributed by atoms with Gasteiger partial charge < -0.3 is 9.97 Å². The number of nitrogens with one attached hydrogen (secondary N) is 2. The Morgan fingerprint density at radius 3 is 2.90 bits per heavy atom. The van der Waals surface area contributed by atoms with Gasteiger partial charge in [-0.3, -0.25) is 0 Å². The van der Waals surface area contributed by atoms with Crippen molar-refractivity contribution in [2.75, 3.05) is 0 Å². The molecule has 2 N–H and O–H groups in total. The second-order valence-corrected chi connectivity index (χ2v) is 1.89. The monoisotopic (exact) mass is 134 g/mol. The predicted octanol–water partition coefficient (Wildman–Crippen LogP) is 0.800. The summed E-state index contributed by atoms with van der Waals surface area (Å²) in [6, 6.07) is 0. The minimum absolute atomic E-state index is 0.793. The van der Waals surface area contributed by atoms with Gasteiger partial charge in [-0.15, -0.1) is 0 Å². The SMILES string of the molecule is c1c[nH]c(-c2c[nH]cn2)n1. The highest BCUT2D eigenvalue weighted by Crippen LogP contribution is 2.07. The highest BCUT2D eigenvalue weighted by molar-refractivity contribution is 5.46. The first kappa shape index (κ1) is 5.22. The first-order valence-corrected chi connectivity index (χ1v) is 2.95. The van der Waals surface area contributed by atoms with Gasteiger partial charge in [0.2, 0.25) is 0 Å². The minimum Gasteiger partial charge on any atom is -0.350 e. The zero-order chi connectivity index (χ0) is 6.81. The van der Waals surface area contributed by atoms with Crippen molar-refractivity contribution in [1.82, 2.24) is 19.9 Å². The molecule has 0 spiro atoms. The largest absolute Gasteiger partial charge is 0.350 e. The van der Waals surface area contributed by atoms with Gasteiger partial charge in [0.25, 0.3) is 0 Å². The van der Waals surface area contributed by atoms with E-state index in [2.05, 4.69) is 19.9 Å². The molecule has 4 heteroatoms. The normalized spacial score (nSPS) is 10.0. The van der Waals surface area contributed by atoms with Crippen molar-refractivity contribution in [3.8, 4) is 11.5 Å². The molecule has 0 bridgehead atoms. The Morgan fingerprint density at radius 1 is 1.30 bits per heavy atom. The second kappa shape index (κ2) is 1.98. The van der Waals surface area contributed by atoms with E-state index in [1.54, 1.807) is 24.9 Å². The molecule has 0 aliphatic carbocycles. The van der Waals surface area contributed by atoms with Crippen LogP contribution in [0.15, 0.2) is 24.9 Å². The van der Waals surface area contributed by atoms with Crippen LogP contribution < -0.4 is 0 Å². The Kier molecular flexibility index (Phi) is 1.04. The molecule has 0 aromatic carbocycles. The summed E-state index contributed by atoms with van der Waals surface area (Å²) in [5, 5.41) is 0. The molecule has 0 amide bonds. The summed E-state index contributed by atoms with van der Waals surface area (Å²) in [7, 11) is 0. The van der Waals surface area contributed by atoms with Gasteiger partial charge in [-0.2, -0.15) is 0 Å². The fourth-order valence-electron chi connectivity index (χ4n) is 0.795. The van der Waals surface area contributed by atoms with Gasteiger partial charge >= 0.3 is 0 Å². The van der Waals surface area contributed by atoms with Gasteiger partial charge in [-0.1, -0.05) is 0 Å². The van der Waals surface area contributed by atoms with Gasteiger partial charge in [0, 0.05) is 18.6 Å². The zero-order valence-corrected chi connectivity index (χ0v) is 5.20. The maximum atomic E-state index is 4.02. The molecule has 2 aromatic rings. The van der Waals surface area contributed by atoms with Gasteiger partial charge in [0.1, 0.15) is 5.69 Å². The van der Waals surface area contributed by atoms with Crippen molar-refractivity contribution in [3.05, 3.63) is 24.9 Å². The molecule has 0 aliphatic rings. The van der Waals surface area contributed by atoms with Crippen molar-refractivity contribution in [3.63, 3.8) is 0 Å². The van der Waals surface area contributed by atoms with Crippen LogP contribution in [-0.2, 0) is 0 Å². The number of hydrogen-bond donors (Lipinski definition) is 2. The lowest BCUT2D eigenvalue weighted by Crippen LogP contribution is -1.77. The molecule has 2 aromatic heterocycles. The number of H-pyrrole nitrogens is 2. The molecule has 0 saturated heterocycles. The van der Waals surface area contributed by atoms with Crippen molar-refractivity contribution in [1.29, 1.82) is 0 Å². The number of aromatic amines is 2. The number of rotatable bonds is 1. The van der Waals surface area contributed by atoms with Gasteiger partial charge in [0.15, 0.2) is 5.82 Å². The fraction of sp³-hybridized carbons (Fsp3) is 0. The number of hydrogen-bond acceptors (Lipinski definition) is 2. The van der Waals surface area contributed by atoms with Crippen LogP contribution >= 0.6 is 0 Å². The van der Waals surface area contributed by atoms with Crippen LogP contribution in [0.3, 0.4) is 0 Å². The Balaban J connectivity index is 2.48.